The standard InChI is InChI=1S/C14H27N3O3/c1-4-9-16(12-5-7-15-8-6-12)14(20)17(11(2)3)10-13(18)19/h11-12,15H,4-10H2,1-3H3,(H,18,19). The van der Waals surface area contributed by atoms with Gasteiger partial charge < -0.3 is 20.2 Å². The third kappa shape index (κ3) is 4.67. The van der Waals surface area contributed by atoms with Crippen LogP contribution in [-0.4, -0.2) is 65.2 Å². The number of carbonyl (C=O) groups excluding carboxylic acids is 1. The van der Waals surface area contributed by atoms with Crippen LogP contribution in [0.15, 0.2) is 0 Å². The van der Waals surface area contributed by atoms with Gasteiger partial charge in [-0.25, -0.2) is 4.79 Å². The van der Waals surface area contributed by atoms with Gasteiger partial charge in [-0.15, -0.1) is 0 Å². The van der Waals surface area contributed by atoms with E-state index < -0.39 is 5.97 Å². The Labute approximate surface area is 121 Å². The normalized spacial score (nSPS) is 16.2. The van der Waals surface area contributed by atoms with E-state index in [1.807, 2.05) is 25.7 Å². The molecule has 1 fully saturated rings. The highest BCUT2D eigenvalue weighted by atomic mass is 16.4. The van der Waals surface area contributed by atoms with E-state index in [9.17, 15) is 9.59 Å². The highest BCUT2D eigenvalue weighted by Crippen LogP contribution is 2.16. The summed E-state index contributed by atoms with van der Waals surface area (Å²) in [6.45, 7) is 8.03. The zero-order valence-corrected chi connectivity index (χ0v) is 12.8. The number of nitrogens with one attached hydrogen (secondary N) is 1. The van der Waals surface area contributed by atoms with Gasteiger partial charge >= 0.3 is 12.0 Å². The van der Waals surface area contributed by atoms with Crippen molar-refractivity contribution in [2.24, 2.45) is 0 Å². The van der Waals surface area contributed by atoms with Crippen LogP contribution in [0, 0.1) is 0 Å². The van der Waals surface area contributed by atoms with E-state index >= 15 is 0 Å². The van der Waals surface area contributed by atoms with Gasteiger partial charge in [-0.1, -0.05) is 6.92 Å². The van der Waals surface area contributed by atoms with E-state index in [-0.39, 0.29) is 24.7 Å². The molecule has 6 nitrogen and oxygen atoms in total. The van der Waals surface area contributed by atoms with Crippen LogP contribution in [0.5, 0.6) is 0 Å². The van der Waals surface area contributed by atoms with E-state index in [4.69, 9.17) is 5.11 Å². The van der Waals surface area contributed by atoms with Gasteiger partial charge in [-0.2, -0.15) is 0 Å². The van der Waals surface area contributed by atoms with Crippen molar-refractivity contribution >= 4 is 12.0 Å². The van der Waals surface area contributed by atoms with Crippen LogP contribution < -0.4 is 5.32 Å². The lowest BCUT2D eigenvalue weighted by molar-refractivity contribution is -0.138. The monoisotopic (exact) mass is 285 g/mol. The van der Waals surface area contributed by atoms with Gasteiger partial charge in [0, 0.05) is 18.6 Å². The largest absolute Gasteiger partial charge is 0.480 e. The van der Waals surface area contributed by atoms with Crippen LogP contribution in [0.3, 0.4) is 0 Å². The molecule has 1 heterocycles. The van der Waals surface area contributed by atoms with Crippen molar-refractivity contribution in [2.75, 3.05) is 26.2 Å². The Hall–Kier alpha value is -1.30. The second kappa shape index (κ2) is 8.09. The van der Waals surface area contributed by atoms with Crippen molar-refractivity contribution in [1.82, 2.24) is 15.1 Å². The molecule has 1 aliphatic heterocycles. The molecule has 0 aromatic heterocycles. The average Bonchev–Trinajstić information content (AvgIpc) is 2.42. The van der Waals surface area contributed by atoms with Crippen molar-refractivity contribution < 1.29 is 14.7 Å². The van der Waals surface area contributed by atoms with E-state index in [1.165, 1.54) is 4.90 Å². The highest BCUT2D eigenvalue weighted by molar-refractivity contribution is 5.80. The zero-order chi connectivity index (χ0) is 15.1. The molecule has 1 aliphatic rings. The number of rotatable bonds is 6. The number of aliphatic carboxylic acids is 1. The topological polar surface area (TPSA) is 72.9 Å². The molecule has 0 spiro atoms. The Balaban J connectivity index is 2.81. The fraction of sp³-hybridized carbons (Fsp3) is 0.857. The maximum absolute atomic E-state index is 12.7. The van der Waals surface area contributed by atoms with E-state index in [1.54, 1.807) is 0 Å². The first-order chi connectivity index (χ1) is 9.47. The molecule has 0 saturated carbocycles. The number of carboxylic acids is 1. The number of piperidine rings is 1. The molecule has 0 aromatic carbocycles. The Morgan fingerprint density at radius 1 is 1.30 bits per heavy atom. The molecule has 20 heavy (non-hydrogen) atoms. The zero-order valence-electron chi connectivity index (χ0n) is 12.8. The van der Waals surface area contributed by atoms with Gasteiger partial charge in [0.15, 0.2) is 0 Å². The van der Waals surface area contributed by atoms with E-state index in [0.29, 0.717) is 6.54 Å². The summed E-state index contributed by atoms with van der Waals surface area (Å²) >= 11 is 0. The first-order valence-corrected chi connectivity index (χ1v) is 7.47. The smallest absolute Gasteiger partial charge is 0.323 e. The maximum atomic E-state index is 12.7. The maximum Gasteiger partial charge on any atom is 0.323 e. The van der Waals surface area contributed by atoms with Crippen molar-refractivity contribution in [3.8, 4) is 0 Å². The SMILES string of the molecule is CCCN(C(=O)N(CC(=O)O)C(C)C)C1CCNCC1. The molecule has 0 aromatic rings. The molecular formula is C14H27N3O3. The van der Waals surface area contributed by atoms with Gasteiger partial charge in [0.1, 0.15) is 6.54 Å². The average molecular weight is 285 g/mol. The minimum atomic E-state index is -0.964. The third-order valence-electron chi connectivity index (χ3n) is 3.63. The molecule has 0 atom stereocenters. The fourth-order valence-electron chi connectivity index (χ4n) is 2.58. The lowest BCUT2D eigenvalue weighted by atomic mass is 10.0. The number of hydrogen-bond acceptors (Lipinski definition) is 3. The molecule has 0 unspecified atom stereocenters. The lowest BCUT2D eigenvalue weighted by Gasteiger charge is -2.38. The van der Waals surface area contributed by atoms with E-state index in [0.717, 1.165) is 32.4 Å². The summed E-state index contributed by atoms with van der Waals surface area (Å²) in [5, 5.41) is 12.3. The second-order valence-corrected chi connectivity index (χ2v) is 5.57. The lowest BCUT2D eigenvalue weighted by Crippen LogP contribution is -2.54. The van der Waals surface area contributed by atoms with Crippen molar-refractivity contribution in [3.63, 3.8) is 0 Å². The Kier molecular flexibility index (Phi) is 6.78. The molecule has 1 rings (SSSR count). The van der Waals surface area contributed by atoms with Gasteiger partial charge in [-0.05, 0) is 46.2 Å². The number of carbonyl (C=O) groups is 2. The summed E-state index contributed by atoms with van der Waals surface area (Å²) in [6, 6.07) is -0.0328. The fourth-order valence-corrected chi connectivity index (χ4v) is 2.58. The van der Waals surface area contributed by atoms with E-state index in [2.05, 4.69) is 5.32 Å². The summed E-state index contributed by atoms with van der Waals surface area (Å²) in [5.41, 5.74) is 0. The number of urea groups is 1. The highest BCUT2D eigenvalue weighted by Gasteiger charge is 2.30. The first kappa shape index (κ1) is 16.8. The quantitative estimate of drug-likeness (QED) is 0.773. The van der Waals surface area contributed by atoms with Crippen molar-refractivity contribution in [2.45, 2.75) is 52.1 Å². The molecule has 6 heteroatoms. The summed E-state index contributed by atoms with van der Waals surface area (Å²) < 4.78 is 0. The first-order valence-electron chi connectivity index (χ1n) is 7.47. The number of nitrogens with zero attached hydrogens (tertiary/aromatic N) is 2. The van der Waals surface area contributed by atoms with Crippen LogP contribution >= 0.6 is 0 Å². The minimum absolute atomic E-state index is 0.111. The molecule has 2 amide bonds. The summed E-state index contributed by atoms with van der Waals surface area (Å²) in [4.78, 5) is 26.9. The Morgan fingerprint density at radius 2 is 1.90 bits per heavy atom. The molecule has 0 bridgehead atoms. The second-order valence-electron chi connectivity index (χ2n) is 5.57. The minimum Gasteiger partial charge on any atom is -0.480 e. The van der Waals surface area contributed by atoms with Crippen LogP contribution in [0.25, 0.3) is 0 Å². The third-order valence-corrected chi connectivity index (χ3v) is 3.63. The number of carboxylic acid groups (broad SMARTS) is 1. The van der Waals surface area contributed by atoms with Gasteiger partial charge in [0.05, 0.1) is 0 Å². The van der Waals surface area contributed by atoms with Crippen LogP contribution in [0.2, 0.25) is 0 Å². The van der Waals surface area contributed by atoms with Gasteiger partial charge in [-0.3, -0.25) is 4.79 Å². The van der Waals surface area contributed by atoms with Gasteiger partial charge in [0.2, 0.25) is 0 Å². The summed E-state index contributed by atoms with van der Waals surface area (Å²) in [5.74, 6) is -0.964. The summed E-state index contributed by atoms with van der Waals surface area (Å²) in [6.07, 6.45) is 2.75. The molecule has 1 saturated heterocycles. The van der Waals surface area contributed by atoms with Crippen LogP contribution in [-0.2, 0) is 4.79 Å². The Bertz CT molecular complexity index is 328. The van der Waals surface area contributed by atoms with Crippen LogP contribution in [0.1, 0.15) is 40.0 Å². The predicted octanol–water partition coefficient (Wildman–Crippen LogP) is 1.37. The Morgan fingerprint density at radius 3 is 2.35 bits per heavy atom. The number of hydrogen-bond donors (Lipinski definition) is 2. The molecule has 2 N–H and O–H groups in total. The molecule has 0 aliphatic carbocycles. The summed E-state index contributed by atoms with van der Waals surface area (Å²) in [7, 11) is 0. The van der Waals surface area contributed by atoms with Crippen molar-refractivity contribution in [3.05, 3.63) is 0 Å². The van der Waals surface area contributed by atoms with Crippen molar-refractivity contribution in [1.29, 1.82) is 0 Å². The van der Waals surface area contributed by atoms with Crippen LogP contribution in [0.4, 0.5) is 4.79 Å². The molecular weight excluding hydrogens is 258 g/mol. The molecule has 0 radical (unpaired) electrons. The van der Waals surface area contributed by atoms with Gasteiger partial charge in [0.25, 0.3) is 0 Å². The predicted molar refractivity (Wildman–Crippen MR) is 77.8 cm³/mol. The number of amides is 2. The molecule has 116 valence electrons.